The lowest BCUT2D eigenvalue weighted by atomic mass is 9.60. The van der Waals surface area contributed by atoms with Gasteiger partial charge in [0.15, 0.2) is 0 Å². The lowest BCUT2D eigenvalue weighted by Gasteiger charge is -2.47. The Morgan fingerprint density at radius 2 is 1.48 bits per heavy atom. The molecule has 21 heavy (non-hydrogen) atoms. The molecule has 0 saturated carbocycles. The summed E-state index contributed by atoms with van der Waals surface area (Å²) in [6.07, 6.45) is 2.29. The lowest BCUT2D eigenvalue weighted by molar-refractivity contribution is -0.0443. The van der Waals surface area contributed by atoms with E-state index in [2.05, 4.69) is 58.0 Å². The fourth-order valence-corrected chi connectivity index (χ4v) is 3.14. The third-order valence-electron chi connectivity index (χ3n) is 4.86. The second-order valence-electron chi connectivity index (χ2n) is 7.07. The molecule has 1 aromatic rings. The average molecular weight is 292 g/mol. The highest BCUT2D eigenvalue weighted by Gasteiger charge is 2.45. The molecule has 0 amide bonds. The summed E-state index contributed by atoms with van der Waals surface area (Å²) in [6, 6.07) is 10.7. The van der Waals surface area contributed by atoms with Gasteiger partial charge in [-0.05, 0) is 23.3 Å². The zero-order valence-corrected chi connectivity index (χ0v) is 14.6. The molecular formula is C19H32O2. The number of benzene rings is 1. The minimum atomic E-state index is -0.0118. The van der Waals surface area contributed by atoms with Gasteiger partial charge < -0.3 is 9.47 Å². The molecule has 0 bridgehead atoms. The number of hydrogen-bond acceptors (Lipinski definition) is 2. The third kappa shape index (κ3) is 4.31. The first-order valence-corrected chi connectivity index (χ1v) is 7.93. The van der Waals surface area contributed by atoms with E-state index in [4.69, 9.17) is 9.47 Å². The Labute approximate surface area is 130 Å². The van der Waals surface area contributed by atoms with E-state index < -0.39 is 0 Å². The predicted octanol–water partition coefficient (Wildman–Crippen LogP) is 4.68. The smallest absolute Gasteiger partial charge is 0.0549 e. The van der Waals surface area contributed by atoms with Gasteiger partial charge in [0, 0.05) is 19.6 Å². The number of methoxy groups -OCH3 is 2. The molecule has 2 nitrogen and oxygen atoms in total. The Kier molecular flexibility index (Phi) is 6.89. The first-order valence-electron chi connectivity index (χ1n) is 7.93. The van der Waals surface area contributed by atoms with Crippen molar-refractivity contribution in [1.29, 1.82) is 0 Å². The van der Waals surface area contributed by atoms with Crippen molar-refractivity contribution in [2.75, 3.05) is 27.4 Å². The van der Waals surface area contributed by atoms with Crippen LogP contribution in [0.25, 0.3) is 0 Å². The SMILES string of the molecule is COCC(CCC(C)C)(COC)C(C)(C)c1ccccc1. The molecule has 0 aliphatic carbocycles. The Balaban J connectivity index is 3.18. The molecule has 0 heterocycles. The number of rotatable bonds is 9. The minimum absolute atomic E-state index is 0.00479. The van der Waals surface area contributed by atoms with Crippen LogP contribution in [0.15, 0.2) is 30.3 Å². The molecule has 2 heteroatoms. The van der Waals surface area contributed by atoms with Gasteiger partial charge in [0.2, 0.25) is 0 Å². The van der Waals surface area contributed by atoms with Gasteiger partial charge in [-0.1, -0.05) is 64.4 Å². The summed E-state index contributed by atoms with van der Waals surface area (Å²) in [4.78, 5) is 0. The molecule has 0 saturated heterocycles. The molecule has 1 rings (SSSR count). The van der Waals surface area contributed by atoms with Crippen molar-refractivity contribution in [2.45, 2.75) is 46.0 Å². The van der Waals surface area contributed by atoms with E-state index in [0.717, 1.165) is 19.6 Å². The standard InChI is InChI=1S/C19H32O2/c1-16(2)12-13-19(14-20-5,15-21-6)18(3,4)17-10-8-7-9-11-17/h7-11,16H,12-15H2,1-6H3. The summed E-state index contributed by atoms with van der Waals surface area (Å²) in [5.74, 6) is 0.685. The monoisotopic (exact) mass is 292 g/mol. The Morgan fingerprint density at radius 3 is 1.90 bits per heavy atom. The predicted molar refractivity (Wildman–Crippen MR) is 89.7 cm³/mol. The van der Waals surface area contributed by atoms with Crippen molar-refractivity contribution in [3.05, 3.63) is 35.9 Å². The average Bonchev–Trinajstić information content (AvgIpc) is 2.46. The molecule has 0 radical (unpaired) electrons. The van der Waals surface area contributed by atoms with Crippen LogP contribution in [0.1, 0.15) is 46.1 Å². The zero-order valence-electron chi connectivity index (χ0n) is 14.6. The van der Waals surface area contributed by atoms with Crippen molar-refractivity contribution in [3.8, 4) is 0 Å². The fourth-order valence-electron chi connectivity index (χ4n) is 3.14. The van der Waals surface area contributed by atoms with Crippen LogP contribution >= 0.6 is 0 Å². The largest absolute Gasteiger partial charge is 0.384 e. The molecule has 0 atom stereocenters. The summed E-state index contributed by atoms with van der Waals surface area (Å²) in [6.45, 7) is 10.6. The first kappa shape index (κ1) is 18.2. The summed E-state index contributed by atoms with van der Waals surface area (Å²) >= 11 is 0. The number of hydrogen-bond donors (Lipinski definition) is 0. The zero-order chi connectivity index (χ0) is 15.9. The summed E-state index contributed by atoms with van der Waals surface area (Å²) in [5, 5.41) is 0. The first-order chi connectivity index (χ1) is 9.89. The molecule has 0 N–H and O–H groups in total. The minimum Gasteiger partial charge on any atom is -0.384 e. The van der Waals surface area contributed by atoms with E-state index in [0.29, 0.717) is 5.92 Å². The summed E-state index contributed by atoms with van der Waals surface area (Å²) < 4.78 is 11.2. The van der Waals surface area contributed by atoms with Gasteiger partial charge >= 0.3 is 0 Å². The van der Waals surface area contributed by atoms with E-state index in [1.807, 2.05) is 0 Å². The maximum absolute atomic E-state index is 5.62. The molecule has 1 aromatic carbocycles. The molecule has 0 fully saturated rings. The van der Waals surface area contributed by atoms with Gasteiger partial charge in [-0.3, -0.25) is 0 Å². The fraction of sp³-hybridized carbons (Fsp3) is 0.684. The maximum Gasteiger partial charge on any atom is 0.0549 e. The quantitative estimate of drug-likeness (QED) is 0.658. The van der Waals surface area contributed by atoms with Gasteiger partial charge in [-0.2, -0.15) is 0 Å². The van der Waals surface area contributed by atoms with E-state index in [9.17, 15) is 0 Å². The van der Waals surface area contributed by atoms with Crippen molar-refractivity contribution in [2.24, 2.45) is 11.3 Å². The van der Waals surface area contributed by atoms with Crippen LogP contribution in [0, 0.1) is 11.3 Å². The third-order valence-corrected chi connectivity index (χ3v) is 4.86. The second-order valence-corrected chi connectivity index (χ2v) is 7.07. The Morgan fingerprint density at radius 1 is 0.952 bits per heavy atom. The van der Waals surface area contributed by atoms with Crippen LogP contribution in [0.2, 0.25) is 0 Å². The van der Waals surface area contributed by atoms with Crippen molar-refractivity contribution < 1.29 is 9.47 Å². The number of ether oxygens (including phenoxy) is 2. The van der Waals surface area contributed by atoms with E-state index in [-0.39, 0.29) is 10.8 Å². The molecule has 0 aromatic heterocycles. The van der Waals surface area contributed by atoms with Gasteiger partial charge in [0.05, 0.1) is 13.2 Å². The molecule has 120 valence electrons. The highest BCUT2D eigenvalue weighted by molar-refractivity contribution is 5.27. The van der Waals surface area contributed by atoms with Gasteiger partial charge in [0.25, 0.3) is 0 Å². The Bertz CT molecular complexity index is 389. The van der Waals surface area contributed by atoms with Crippen LogP contribution < -0.4 is 0 Å². The normalized spacial score (nSPS) is 12.9. The van der Waals surface area contributed by atoms with Crippen molar-refractivity contribution in [3.63, 3.8) is 0 Å². The molecule has 0 aliphatic rings. The van der Waals surface area contributed by atoms with Gasteiger partial charge in [-0.15, -0.1) is 0 Å². The Hall–Kier alpha value is -0.860. The molecule has 0 aliphatic heterocycles. The maximum atomic E-state index is 5.62. The van der Waals surface area contributed by atoms with Crippen LogP contribution in [-0.4, -0.2) is 27.4 Å². The van der Waals surface area contributed by atoms with Crippen LogP contribution in [0.5, 0.6) is 0 Å². The van der Waals surface area contributed by atoms with Gasteiger partial charge in [0.1, 0.15) is 0 Å². The molecular weight excluding hydrogens is 260 g/mol. The summed E-state index contributed by atoms with van der Waals surface area (Å²) in [5.41, 5.74) is 1.33. The van der Waals surface area contributed by atoms with Gasteiger partial charge in [-0.25, -0.2) is 0 Å². The van der Waals surface area contributed by atoms with Crippen LogP contribution in [0.4, 0.5) is 0 Å². The highest BCUT2D eigenvalue weighted by atomic mass is 16.5. The lowest BCUT2D eigenvalue weighted by Crippen LogP contribution is -2.48. The van der Waals surface area contributed by atoms with Crippen LogP contribution in [0.3, 0.4) is 0 Å². The van der Waals surface area contributed by atoms with E-state index in [1.54, 1.807) is 14.2 Å². The van der Waals surface area contributed by atoms with Crippen molar-refractivity contribution in [1.82, 2.24) is 0 Å². The topological polar surface area (TPSA) is 18.5 Å². The van der Waals surface area contributed by atoms with E-state index >= 15 is 0 Å². The second kappa shape index (κ2) is 7.95. The van der Waals surface area contributed by atoms with Crippen LogP contribution in [-0.2, 0) is 14.9 Å². The molecule has 0 unspecified atom stereocenters. The molecule has 0 spiro atoms. The summed E-state index contributed by atoms with van der Waals surface area (Å²) in [7, 11) is 3.59. The van der Waals surface area contributed by atoms with Crippen molar-refractivity contribution >= 4 is 0 Å². The van der Waals surface area contributed by atoms with E-state index in [1.165, 1.54) is 12.0 Å². The highest BCUT2D eigenvalue weighted by Crippen LogP contribution is 2.46.